The number of hydrogen-bond acceptors (Lipinski definition) is 6. The average Bonchev–Trinajstić information content (AvgIpc) is 3.15. The minimum Gasteiger partial charge on any atom is -0.309 e. The first-order valence-corrected chi connectivity index (χ1v) is 12.3. The first-order chi connectivity index (χ1) is 17.8. The van der Waals surface area contributed by atoms with E-state index in [-0.39, 0.29) is 0 Å². The fraction of sp³-hybridized carbons (Fsp3) is 0.200. The van der Waals surface area contributed by atoms with Crippen molar-refractivity contribution in [3.8, 4) is 28.5 Å². The van der Waals surface area contributed by atoms with E-state index in [1.54, 1.807) is 0 Å². The van der Waals surface area contributed by atoms with Gasteiger partial charge < -0.3 is 4.57 Å². The molecule has 0 saturated heterocycles. The van der Waals surface area contributed by atoms with Crippen molar-refractivity contribution in [1.82, 2.24) is 34.5 Å². The number of rotatable bonds is 3. The first-order valence-electron chi connectivity index (χ1n) is 12.3. The van der Waals surface area contributed by atoms with Crippen molar-refractivity contribution < 1.29 is 0 Å². The van der Waals surface area contributed by atoms with Gasteiger partial charge >= 0.3 is 0 Å². The zero-order chi connectivity index (χ0) is 25.8. The SMILES string of the molecule is Cc1ccc2c(c1)c1cc(C)ccc1n2-c1ccc(-c2nc(C)nc(C)n2)cc1-c1nc(C)nc(C)n1. The van der Waals surface area contributed by atoms with Crippen molar-refractivity contribution in [3.05, 3.63) is 89.0 Å². The van der Waals surface area contributed by atoms with Crippen molar-refractivity contribution in [2.45, 2.75) is 41.5 Å². The van der Waals surface area contributed by atoms with Crippen molar-refractivity contribution >= 4 is 21.8 Å². The van der Waals surface area contributed by atoms with Crippen LogP contribution in [0.5, 0.6) is 0 Å². The summed E-state index contributed by atoms with van der Waals surface area (Å²) in [4.78, 5) is 27.5. The largest absolute Gasteiger partial charge is 0.309 e. The second kappa shape index (κ2) is 8.55. The molecule has 0 aliphatic carbocycles. The number of aromatic nitrogens is 7. The average molecular weight is 486 g/mol. The quantitative estimate of drug-likeness (QED) is 0.291. The van der Waals surface area contributed by atoms with Gasteiger partial charge in [-0.3, -0.25) is 0 Å². The molecule has 3 heterocycles. The molecule has 7 nitrogen and oxygen atoms in total. The van der Waals surface area contributed by atoms with E-state index < -0.39 is 0 Å². The van der Waals surface area contributed by atoms with Crippen LogP contribution in [0.15, 0.2) is 54.6 Å². The van der Waals surface area contributed by atoms with Gasteiger partial charge in [-0.2, -0.15) is 0 Å². The van der Waals surface area contributed by atoms with Gasteiger partial charge in [0.2, 0.25) is 0 Å². The van der Waals surface area contributed by atoms with Gasteiger partial charge in [0, 0.05) is 21.9 Å². The molecule has 0 atom stereocenters. The highest BCUT2D eigenvalue weighted by atomic mass is 15.0. The van der Waals surface area contributed by atoms with E-state index in [2.05, 4.69) is 92.9 Å². The van der Waals surface area contributed by atoms with Crippen LogP contribution in [0.1, 0.15) is 34.4 Å². The second-order valence-corrected chi connectivity index (χ2v) is 9.62. The first kappa shape index (κ1) is 22.9. The molecule has 182 valence electrons. The molecule has 0 spiro atoms. The molecule has 0 N–H and O–H groups in total. The lowest BCUT2D eigenvalue weighted by molar-refractivity contribution is 0.924. The van der Waals surface area contributed by atoms with Gasteiger partial charge in [0.25, 0.3) is 0 Å². The molecular formula is C30H27N7. The van der Waals surface area contributed by atoms with Crippen molar-refractivity contribution in [2.75, 3.05) is 0 Å². The van der Waals surface area contributed by atoms with Crippen LogP contribution >= 0.6 is 0 Å². The van der Waals surface area contributed by atoms with Crippen LogP contribution in [-0.4, -0.2) is 34.5 Å². The minimum atomic E-state index is 0.624. The van der Waals surface area contributed by atoms with Gasteiger partial charge in [-0.25, -0.2) is 29.9 Å². The Kier molecular flexibility index (Phi) is 5.30. The molecular weight excluding hydrogens is 458 g/mol. The van der Waals surface area contributed by atoms with Crippen LogP contribution < -0.4 is 0 Å². The number of benzene rings is 3. The standard InChI is InChI=1S/C30H27N7/c1-16-7-10-26-23(13-16)24-14-17(2)8-11-27(24)37(26)28-12-9-22(29-33-18(3)31-19(4)34-29)15-25(28)30-35-20(5)32-21(6)36-30/h7-15H,1-6H3. The summed E-state index contributed by atoms with van der Waals surface area (Å²) in [5, 5.41) is 2.45. The van der Waals surface area contributed by atoms with Gasteiger partial charge in [0.1, 0.15) is 23.3 Å². The summed E-state index contributed by atoms with van der Waals surface area (Å²) in [6.45, 7) is 11.8. The summed E-state index contributed by atoms with van der Waals surface area (Å²) >= 11 is 0. The predicted octanol–water partition coefficient (Wildman–Crippen LogP) is 6.34. The summed E-state index contributed by atoms with van der Waals surface area (Å²) in [6.07, 6.45) is 0. The Morgan fingerprint density at radius 3 is 1.49 bits per heavy atom. The molecule has 6 aromatic rings. The molecule has 0 bridgehead atoms. The van der Waals surface area contributed by atoms with Crippen LogP contribution in [0.4, 0.5) is 0 Å². The third-order valence-corrected chi connectivity index (χ3v) is 6.53. The maximum atomic E-state index is 4.74. The highest BCUT2D eigenvalue weighted by molar-refractivity contribution is 6.10. The normalized spacial score (nSPS) is 11.5. The summed E-state index contributed by atoms with van der Waals surface area (Å²) in [6, 6.07) is 19.5. The van der Waals surface area contributed by atoms with E-state index >= 15 is 0 Å². The van der Waals surface area contributed by atoms with E-state index in [0.717, 1.165) is 27.8 Å². The molecule has 0 radical (unpaired) electrons. The number of nitrogens with zero attached hydrogens (tertiary/aromatic N) is 7. The Morgan fingerprint density at radius 1 is 0.486 bits per heavy atom. The molecule has 0 fully saturated rings. The fourth-order valence-electron chi connectivity index (χ4n) is 5.04. The molecule has 0 aliphatic rings. The highest BCUT2D eigenvalue weighted by Gasteiger charge is 2.19. The second-order valence-electron chi connectivity index (χ2n) is 9.62. The van der Waals surface area contributed by atoms with Crippen LogP contribution in [-0.2, 0) is 0 Å². The van der Waals surface area contributed by atoms with Crippen molar-refractivity contribution in [3.63, 3.8) is 0 Å². The van der Waals surface area contributed by atoms with Crippen molar-refractivity contribution in [2.24, 2.45) is 0 Å². The van der Waals surface area contributed by atoms with Crippen LogP contribution in [0.2, 0.25) is 0 Å². The van der Waals surface area contributed by atoms with Gasteiger partial charge in [-0.15, -0.1) is 0 Å². The number of fused-ring (bicyclic) bond motifs is 3. The van der Waals surface area contributed by atoms with E-state index in [1.807, 2.05) is 27.7 Å². The number of aryl methyl sites for hydroxylation is 6. The third kappa shape index (κ3) is 4.02. The molecule has 6 rings (SSSR count). The smallest absolute Gasteiger partial charge is 0.165 e. The zero-order valence-electron chi connectivity index (χ0n) is 21.8. The lowest BCUT2D eigenvalue weighted by Gasteiger charge is -2.15. The third-order valence-electron chi connectivity index (χ3n) is 6.53. The molecule has 3 aromatic heterocycles. The topological polar surface area (TPSA) is 82.3 Å². The molecule has 0 unspecified atom stereocenters. The Hall–Kier alpha value is -4.52. The predicted molar refractivity (Wildman–Crippen MR) is 147 cm³/mol. The van der Waals surface area contributed by atoms with Crippen molar-refractivity contribution in [1.29, 1.82) is 0 Å². The van der Waals surface area contributed by atoms with Crippen LogP contribution in [0.25, 0.3) is 50.3 Å². The Bertz CT molecular complexity index is 1750. The zero-order valence-corrected chi connectivity index (χ0v) is 21.8. The van der Waals surface area contributed by atoms with Gasteiger partial charge in [-0.05, 0) is 84.0 Å². The number of hydrogen-bond donors (Lipinski definition) is 0. The maximum Gasteiger partial charge on any atom is 0.165 e. The van der Waals surface area contributed by atoms with Crippen LogP contribution in [0, 0.1) is 41.5 Å². The highest BCUT2D eigenvalue weighted by Crippen LogP contribution is 2.37. The van der Waals surface area contributed by atoms with Gasteiger partial charge in [0.15, 0.2) is 11.6 Å². The van der Waals surface area contributed by atoms with E-state index in [4.69, 9.17) is 9.97 Å². The molecule has 0 aliphatic heterocycles. The fourth-order valence-corrected chi connectivity index (χ4v) is 5.04. The molecule has 3 aromatic carbocycles. The molecule has 0 amide bonds. The summed E-state index contributed by atoms with van der Waals surface area (Å²) in [7, 11) is 0. The molecule has 7 heteroatoms. The lowest BCUT2D eigenvalue weighted by Crippen LogP contribution is -2.04. The van der Waals surface area contributed by atoms with Gasteiger partial charge in [0.05, 0.1) is 16.7 Å². The van der Waals surface area contributed by atoms with E-state index in [1.165, 1.54) is 21.9 Å². The molecule has 37 heavy (non-hydrogen) atoms. The summed E-state index contributed by atoms with van der Waals surface area (Å²) < 4.78 is 2.31. The summed E-state index contributed by atoms with van der Waals surface area (Å²) in [5.41, 5.74) is 7.49. The maximum absolute atomic E-state index is 4.74. The lowest BCUT2D eigenvalue weighted by atomic mass is 10.1. The van der Waals surface area contributed by atoms with Crippen LogP contribution in [0.3, 0.4) is 0 Å². The summed E-state index contributed by atoms with van der Waals surface area (Å²) in [5.74, 6) is 3.99. The Labute approximate surface area is 215 Å². The van der Waals surface area contributed by atoms with E-state index in [0.29, 0.717) is 34.9 Å². The molecule has 0 saturated carbocycles. The Morgan fingerprint density at radius 2 is 0.973 bits per heavy atom. The Balaban J connectivity index is 1.71. The minimum absolute atomic E-state index is 0.624. The monoisotopic (exact) mass is 485 g/mol. The van der Waals surface area contributed by atoms with Gasteiger partial charge in [-0.1, -0.05) is 23.3 Å². The van der Waals surface area contributed by atoms with E-state index in [9.17, 15) is 0 Å².